The summed E-state index contributed by atoms with van der Waals surface area (Å²) in [6.07, 6.45) is 1.78. The van der Waals surface area contributed by atoms with E-state index in [2.05, 4.69) is 16.0 Å². The highest BCUT2D eigenvalue weighted by Gasteiger charge is 2.08. The summed E-state index contributed by atoms with van der Waals surface area (Å²) in [4.78, 5) is 9.56. The minimum Gasteiger partial charge on any atom is -0.260 e. The average Bonchev–Trinajstić information content (AvgIpc) is 2.37. The lowest BCUT2D eigenvalue weighted by Crippen LogP contribution is -1.95. The maximum atomic E-state index is 9.17. The second-order valence-corrected chi connectivity index (χ2v) is 4.96. The summed E-state index contributed by atoms with van der Waals surface area (Å²) in [5.41, 5.74) is 3.41. The van der Waals surface area contributed by atoms with Crippen molar-refractivity contribution in [3.8, 4) is 6.07 Å². The third-order valence-corrected chi connectivity index (χ3v) is 3.58. The molecule has 2 aromatic rings. The summed E-state index contributed by atoms with van der Waals surface area (Å²) >= 11 is 1.63. The minimum absolute atomic E-state index is 0.668. The van der Waals surface area contributed by atoms with Gasteiger partial charge in [0.1, 0.15) is 6.07 Å². The third kappa shape index (κ3) is 2.88. The summed E-state index contributed by atoms with van der Waals surface area (Å²) in [6, 6.07) is 10.0. The van der Waals surface area contributed by atoms with Crippen LogP contribution >= 0.6 is 11.8 Å². The molecular weight excluding hydrogens is 242 g/mol. The van der Waals surface area contributed by atoms with Crippen molar-refractivity contribution in [3.63, 3.8) is 0 Å². The quantitative estimate of drug-likeness (QED) is 0.790. The molecular formula is C14H13N3S. The van der Waals surface area contributed by atoms with Crippen molar-refractivity contribution in [2.24, 2.45) is 0 Å². The van der Waals surface area contributed by atoms with Gasteiger partial charge in [0.05, 0.1) is 17.0 Å². The van der Waals surface area contributed by atoms with E-state index in [1.54, 1.807) is 18.0 Å². The Morgan fingerprint density at radius 3 is 2.83 bits per heavy atom. The molecule has 0 radical (unpaired) electrons. The Morgan fingerprint density at radius 2 is 2.17 bits per heavy atom. The van der Waals surface area contributed by atoms with E-state index in [0.29, 0.717) is 5.56 Å². The average molecular weight is 255 g/mol. The molecule has 0 spiro atoms. The van der Waals surface area contributed by atoms with Crippen molar-refractivity contribution in [2.75, 3.05) is 0 Å². The van der Waals surface area contributed by atoms with E-state index in [9.17, 15) is 0 Å². The van der Waals surface area contributed by atoms with Crippen molar-refractivity contribution < 1.29 is 0 Å². The van der Waals surface area contributed by atoms with Crippen LogP contribution in [0, 0.1) is 25.2 Å². The highest BCUT2D eigenvalue weighted by molar-refractivity contribution is 7.98. The fourth-order valence-corrected chi connectivity index (χ4v) is 2.74. The van der Waals surface area contributed by atoms with Gasteiger partial charge in [-0.25, -0.2) is 0 Å². The zero-order valence-corrected chi connectivity index (χ0v) is 11.2. The van der Waals surface area contributed by atoms with Gasteiger partial charge in [-0.2, -0.15) is 5.26 Å². The summed E-state index contributed by atoms with van der Waals surface area (Å²) in [5.74, 6) is 0.762. The highest BCUT2D eigenvalue weighted by Crippen LogP contribution is 2.27. The molecule has 0 aromatic carbocycles. The lowest BCUT2D eigenvalue weighted by Gasteiger charge is -2.07. The van der Waals surface area contributed by atoms with Crippen LogP contribution in [0.2, 0.25) is 0 Å². The molecule has 0 bridgehead atoms. The molecule has 90 valence electrons. The van der Waals surface area contributed by atoms with Crippen molar-refractivity contribution in [3.05, 3.63) is 53.1 Å². The van der Waals surface area contributed by atoms with Gasteiger partial charge in [0.25, 0.3) is 0 Å². The summed E-state index contributed by atoms with van der Waals surface area (Å²) in [5, 5.41) is 9.17. The molecule has 0 unspecified atom stereocenters. The Hall–Kier alpha value is -1.86. The molecule has 0 fully saturated rings. The molecule has 0 aliphatic heterocycles. The van der Waals surface area contributed by atoms with Gasteiger partial charge in [-0.3, -0.25) is 9.97 Å². The van der Waals surface area contributed by atoms with Crippen LogP contribution in [0.15, 0.2) is 35.4 Å². The molecule has 0 saturated heterocycles. The molecule has 2 heterocycles. The molecule has 0 aliphatic rings. The topological polar surface area (TPSA) is 49.6 Å². The number of nitrogens with zero attached hydrogens (tertiary/aromatic N) is 3. The third-order valence-electron chi connectivity index (χ3n) is 2.51. The number of thioether (sulfide) groups is 1. The van der Waals surface area contributed by atoms with Gasteiger partial charge in [0.2, 0.25) is 0 Å². The first kappa shape index (κ1) is 12.6. The second-order valence-electron chi connectivity index (χ2n) is 3.94. The summed E-state index contributed by atoms with van der Waals surface area (Å²) in [6.45, 7) is 3.81. The van der Waals surface area contributed by atoms with Crippen LogP contribution in [0.5, 0.6) is 0 Å². The fourth-order valence-electron chi connectivity index (χ4n) is 1.68. The van der Waals surface area contributed by atoms with Crippen LogP contribution in [0.4, 0.5) is 0 Å². The molecule has 2 rings (SSSR count). The normalized spacial score (nSPS) is 10.1. The standard InChI is InChI=1S/C14H13N3S/c1-10-7-14(13(8-15)11(2)17-10)18-9-12-5-3-4-6-16-12/h3-7H,9H2,1-2H3. The zero-order chi connectivity index (χ0) is 13.0. The van der Waals surface area contributed by atoms with Crippen LogP contribution in [0.25, 0.3) is 0 Å². The Kier molecular flexibility index (Phi) is 3.96. The van der Waals surface area contributed by atoms with Crippen molar-refractivity contribution in [1.82, 2.24) is 9.97 Å². The SMILES string of the molecule is Cc1cc(SCc2ccccn2)c(C#N)c(C)n1. The van der Waals surface area contributed by atoms with Crippen LogP contribution in [-0.2, 0) is 5.75 Å². The van der Waals surface area contributed by atoms with Gasteiger partial charge in [-0.15, -0.1) is 11.8 Å². The number of rotatable bonds is 3. The van der Waals surface area contributed by atoms with Crippen molar-refractivity contribution in [1.29, 1.82) is 5.26 Å². The molecule has 0 saturated carbocycles. The van der Waals surface area contributed by atoms with Crippen LogP contribution < -0.4 is 0 Å². The lowest BCUT2D eigenvalue weighted by molar-refractivity contribution is 1.06. The first-order chi connectivity index (χ1) is 8.70. The Morgan fingerprint density at radius 1 is 1.33 bits per heavy atom. The van der Waals surface area contributed by atoms with E-state index >= 15 is 0 Å². The van der Waals surface area contributed by atoms with Crippen LogP contribution in [0.1, 0.15) is 22.6 Å². The fraction of sp³-hybridized carbons (Fsp3) is 0.214. The van der Waals surface area contributed by atoms with E-state index in [1.165, 1.54) is 0 Å². The van der Waals surface area contributed by atoms with E-state index in [-0.39, 0.29) is 0 Å². The number of nitriles is 1. The van der Waals surface area contributed by atoms with Crippen LogP contribution in [0.3, 0.4) is 0 Å². The molecule has 0 aliphatic carbocycles. The maximum Gasteiger partial charge on any atom is 0.102 e. The van der Waals surface area contributed by atoms with Crippen LogP contribution in [-0.4, -0.2) is 9.97 Å². The monoisotopic (exact) mass is 255 g/mol. The summed E-state index contributed by atoms with van der Waals surface area (Å²) < 4.78 is 0. The highest BCUT2D eigenvalue weighted by atomic mass is 32.2. The molecule has 0 amide bonds. The van der Waals surface area contributed by atoms with Crippen molar-refractivity contribution >= 4 is 11.8 Å². The molecule has 18 heavy (non-hydrogen) atoms. The van der Waals surface area contributed by atoms with Gasteiger partial charge >= 0.3 is 0 Å². The maximum absolute atomic E-state index is 9.17. The Balaban J connectivity index is 2.22. The van der Waals surface area contributed by atoms with Gasteiger partial charge < -0.3 is 0 Å². The van der Waals surface area contributed by atoms with Gasteiger partial charge in [0.15, 0.2) is 0 Å². The number of hydrogen-bond acceptors (Lipinski definition) is 4. The molecule has 0 N–H and O–H groups in total. The molecule has 0 atom stereocenters. The van der Waals surface area contributed by atoms with Gasteiger partial charge in [-0.1, -0.05) is 6.07 Å². The predicted octanol–water partition coefficient (Wildman–Crippen LogP) is 3.26. The minimum atomic E-state index is 0.668. The largest absolute Gasteiger partial charge is 0.260 e. The zero-order valence-electron chi connectivity index (χ0n) is 10.3. The molecule has 4 heteroatoms. The van der Waals surface area contributed by atoms with Gasteiger partial charge in [0, 0.05) is 22.5 Å². The Bertz CT molecular complexity index is 588. The van der Waals surface area contributed by atoms with E-state index in [1.807, 2.05) is 38.1 Å². The lowest BCUT2D eigenvalue weighted by atomic mass is 10.2. The number of aryl methyl sites for hydroxylation is 2. The second kappa shape index (κ2) is 5.65. The van der Waals surface area contributed by atoms with E-state index < -0.39 is 0 Å². The number of hydrogen-bond donors (Lipinski definition) is 0. The first-order valence-corrected chi connectivity index (χ1v) is 6.60. The molecule has 3 nitrogen and oxygen atoms in total. The molecule has 2 aromatic heterocycles. The Labute approximate surface area is 111 Å². The smallest absolute Gasteiger partial charge is 0.102 e. The summed E-state index contributed by atoms with van der Waals surface area (Å²) in [7, 11) is 0. The predicted molar refractivity (Wildman–Crippen MR) is 72.2 cm³/mol. The number of aromatic nitrogens is 2. The van der Waals surface area contributed by atoms with Gasteiger partial charge in [-0.05, 0) is 32.0 Å². The van der Waals surface area contributed by atoms with E-state index in [4.69, 9.17) is 5.26 Å². The first-order valence-electron chi connectivity index (χ1n) is 5.62. The number of pyridine rings is 2. The van der Waals surface area contributed by atoms with Crippen molar-refractivity contribution in [2.45, 2.75) is 24.5 Å². The van der Waals surface area contributed by atoms with E-state index in [0.717, 1.165) is 27.7 Å².